The molecular formula is C21H21N5O3. The van der Waals surface area contributed by atoms with E-state index in [-0.39, 0.29) is 11.5 Å². The largest absolute Gasteiger partial charge is 0.332 e. The molecule has 0 aliphatic rings. The zero-order valence-corrected chi connectivity index (χ0v) is 16.3. The van der Waals surface area contributed by atoms with Crippen LogP contribution in [0.5, 0.6) is 0 Å². The number of fused-ring (bicyclic) bond motifs is 2. The van der Waals surface area contributed by atoms with Gasteiger partial charge in [-0.1, -0.05) is 36.4 Å². The number of hydrogen-bond acceptors (Lipinski definition) is 4. The maximum absolute atomic E-state index is 12.5. The van der Waals surface area contributed by atoms with E-state index in [0.29, 0.717) is 30.6 Å². The minimum absolute atomic E-state index is 0.0916. The summed E-state index contributed by atoms with van der Waals surface area (Å²) < 4.78 is 4.11. The molecule has 2 aromatic carbocycles. The van der Waals surface area contributed by atoms with Gasteiger partial charge in [0.1, 0.15) is 0 Å². The van der Waals surface area contributed by atoms with Crippen molar-refractivity contribution in [3.63, 3.8) is 0 Å². The van der Waals surface area contributed by atoms with Gasteiger partial charge in [-0.2, -0.15) is 0 Å². The van der Waals surface area contributed by atoms with Gasteiger partial charge in [-0.25, -0.2) is 9.78 Å². The molecule has 0 aliphatic carbocycles. The lowest BCUT2D eigenvalue weighted by Gasteiger charge is -2.09. The number of carbonyl (C=O) groups is 1. The fourth-order valence-electron chi connectivity index (χ4n) is 3.52. The van der Waals surface area contributed by atoms with E-state index in [1.807, 2.05) is 42.5 Å². The molecule has 29 heavy (non-hydrogen) atoms. The van der Waals surface area contributed by atoms with Gasteiger partial charge in [-0.3, -0.25) is 18.7 Å². The monoisotopic (exact) mass is 391 g/mol. The molecule has 0 radical (unpaired) electrons. The molecule has 2 aromatic heterocycles. The molecule has 8 nitrogen and oxygen atoms in total. The van der Waals surface area contributed by atoms with E-state index in [9.17, 15) is 14.4 Å². The van der Waals surface area contributed by atoms with Gasteiger partial charge < -0.3 is 9.88 Å². The standard InChI is InChI=1S/C21H21N5O3/c1-24-19-18(20(28)25(2)21(24)29)26(13-22-19)12-6-11-17(27)23-16-10-5-8-14-7-3-4-9-15(14)16/h3-5,7-10,13H,6,11-12H2,1-2H3,(H,23,27). The van der Waals surface area contributed by atoms with Crippen molar-refractivity contribution in [2.24, 2.45) is 14.1 Å². The van der Waals surface area contributed by atoms with Gasteiger partial charge in [-0.15, -0.1) is 0 Å². The lowest BCUT2D eigenvalue weighted by atomic mass is 10.1. The average molecular weight is 391 g/mol. The highest BCUT2D eigenvalue weighted by atomic mass is 16.2. The van der Waals surface area contributed by atoms with Crippen molar-refractivity contribution < 1.29 is 4.79 Å². The van der Waals surface area contributed by atoms with Gasteiger partial charge in [0.05, 0.1) is 6.33 Å². The lowest BCUT2D eigenvalue weighted by Crippen LogP contribution is -2.37. The molecule has 1 N–H and O–H groups in total. The summed E-state index contributed by atoms with van der Waals surface area (Å²) in [5, 5.41) is 5.02. The Morgan fingerprint density at radius 1 is 1.03 bits per heavy atom. The van der Waals surface area contributed by atoms with E-state index in [1.54, 1.807) is 11.6 Å². The van der Waals surface area contributed by atoms with Crippen molar-refractivity contribution in [1.82, 2.24) is 18.7 Å². The van der Waals surface area contributed by atoms with E-state index < -0.39 is 5.69 Å². The van der Waals surface area contributed by atoms with Crippen LogP contribution in [-0.4, -0.2) is 24.6 Å². The molecule has 0 bridgehead atoms. The first-order valence-corrected chi connectivity index (χ1v) is 9.36. The van der Waals surface area contributed by atoms with Gasteiger partial charge in [0.25, 0.3) is 5.56 Å². The lowest BCUT2D eigenvalue weighted by molar-refractivity contribution is -0.116. The quantitative estimate of drug-likeness (QED) is 0.563. The summed E-state index contributed by atoms with van der Waals surface area (Å²) in [6.45, 7) is 0.451. The summed E-state index contributed by atoms with van der Waals surface area (Å²) in [5.74, 6) is -0.0916. The van der Waals surface area contributed by atoms with E-state index in [2.05, 4.69) is 10.3 Å². The van der Waals surface area contributed by atoms with Crippen LogP contribution < -0.4 is 16.6 Å². The molecule has 0 saturated carbocycles. The number of hydrogen-bond donors (Lipinski definition) is 1. The van der Waals surface area contributed by atoms with Crippen molar-refractivity contribution >= 4 is 33.5 Å². The van der Waals surface area contributed by atoms with E-state index in [4.69, 9.17) is 0 Å². The summed E-state index contributed by atoms with van der Waals surface area (Å²) in [6.07, 6.45) is 2.37. The summed E-state index contributed by atoms with van der Waals surface area (Å²) in [4.78, 5) is 41.1. The Kier molecular flexibility index (Phi) is 4.75. The molecule has 0 atom stereocenters. The topological polar surface area (TPSA) is 90.9 Å². The fraction of sp³-hybridized carbons (Fsp3) is 0.238. The summed E-state index contributed by atoms with van der Waals surface area (Å²) in [7, 11) is 3.03. The van der Waals surface area contributed by atoms with Crippen LogP contribution in [0.25, 0.3) is 21.9 Å². The van der Waals surface area contributed by atoms with Crippen molar-refractivity contribution in [2.45, 2.75) is 19.4 Å². The minimum atomic E-state index is -0.415. The minimum Gasteiger partial charge on any atom is -0.326 e. The van der Waals surface area contributed by atoms with Crippen LogP contribution in [-0.2, 0) is 25.4 Å². The van der Waals surface area contributed by atoms with Gasteiger partial charge in [0, 0.05) is 38.1 Å². The maximum Gasteiger partial charge on any atom is 0.332 e. The Bertz CT molecular complexity index is 1340. The zero-order valence-electron chi connectivity index (χ0n) is 16.3. The number of anilines is 1. The van der Waals surface area contributed by atoms with Crippen LogP contribution in [0.1, 0.15) is 12.8 Å². The van der Waals surface area contributed by atoms with E-state index in [0.717, 1.165) is 21.0 Å². The Morgan fingerprint density at radius 3 is 2.62 bits per heavy atom. The molecule has 148 valence electrons. The third-order valence-electron chi connectivity index (χ3n) is 5.08. The Hall–Kier alpha value is -3.68. The van der Waals surface area contributed by atoms with Crippen LogP contribution in [0, 0.1) is 0 Å². The van der Waals surface area contributed by atoms with Crippen LogP contribution in [0.4, 0.5) is 5.69 Å². The van der Waals surface area contributed by atoms with Gasteiger partial charge in [0.2, 0.25) is 5.91 Å². The number of nitrogens with zero attached hydrogens (tertiary/aromatic N) is 4. The molecule has 0 unspecified atom stereocenters. The first kappa shape index (κ1) is 18.7. The van der Waals surface area contributed by atoms with Crippen molar-refractivity contribution in [1.29, 1.82) is 0 Å². The number of aromatic nitrogens is 4. The smallest absolute Gasteiger partial charge is 0.326 e. The summed E-state index contributed by atoms with van der Waals surface area (Å²) in [6, 6.07) is 13.7. The van der Waals surface area contributed by atoms with Crippen LogP contribution >= 0.6 is 0 Å². The number of nitrogens with one attached hydrogen (secondary N) is 1. The number of amides is 1. The SMILES string of the molecule is Cn1c(=O)c2c(ncn2CCCC(=O)Nc2cccc3ccccc23)n(C)c1=O. The number of imidazole rings is 1. The van der Waals surface area contributed by atoms with E-state index in [1.165, 1.54) is 17.9 Å². The second kappa shape index (κ2) is 7.38. The van der Waals surface area contributed by atoms with Crippen molar-refractivity contribution in [3.05, 3.63) is 69.6 Å². The maximum atomic E-state index is 12.5. The van der Waals surface area contributed by atoms with Crippen molar-refractivity contribution in [3.8, 4) is 0 Å². The van der Waals surface area contributed by atoms with Crippen LogP contribution in [0.15, 0.2) is 58.4 Å². The van der Waals surface area contributed by atoms with Crippen molar-refractivity contribution in [2.75, 3.05) is 5.32 Å². The van der Waals surface area contributed by atoms with Gasteiger partial charge in [0.15, 0.2) is 11.2 Å². The predicted octanol–water partition coefficient (Wildman–Crippen LogP) is 2.01. The molecular weight excluding hydrogens is 370 g/mol. The number of carbonyl (C=O) groups excluding carboxylic acids is 1. The predicted molar refractivity (Wildman–Crippen MR) is 112 cm³/mol. The second-order valence-electron chi connectivity index (χ2n) is 6.99. The zero-order chi connectivity index (χ0) is 20.5. The normalized spacial score (nSPS) is 11.2. The molecule has 0 fully saturated rings. The first-order valence-electron chi connectivity index (χ1n) is 9.36. The number of benzene rings is 2. The molecule has 4 aromatic rings. The molecule has 1 amide bonds. The third kappa shape index (κ3) is 3.33. The molecule has 0 saturated heterocycles. The Balaban J connectivity index is 1.47. The molecule has 0 aliphatic heterocycles. The Morgan fingerprint density at radius 2 is 1.79 bits per heavy atom. The van der Waals surface area contributed by atoms with Crippen LogP contribution in [0.2, 0.25) is 0 Å². The fourth-order valence-corrected chi connectivity index (χ4v) is 3.52. The molecule has 4 rings (SSSR count). The third-order valence-corrected chi connectivity index (χ3v) is 5.08. The molecule has 2 heterocycles. The first-order chi connectivity index (χ1) is 14.0. The summed E-state index contributed by atoms with van der Waals surface area (Å²) in [5.41, 5.74) is 0.690. The van der Waals surface area contributed by atoms with Gasteiger partial charge >= 0.3 is 5.69 Å². The van der Waals surface area contributed by atoms with Crippen LogP contribution in [0.3, 0.4) is 0 Å². The summed E-state index contributed by atoms with van der Waals surface area (Å²) >= 11 is 0. The molecule has 8 heteroatoms. The highest BCUT2D eigenvalue weighted by Gasteiger charge is 2.14. The highest BCUT2D eigenvalue weighted by molar-refractivity contribution is 6.02. The second-order valence-corrected chi connectivity index (χ2v) is 6.99. The van der Waals surface area contributed by atoms with E-state index >= 15 is 0 Å². The number of rotatable bonds is 5. The Labute approximate surface area is 166 Å². The average Bonchev–Trinajstić information content (AvgIpc) is 3.15. The van der Waals surface area contributed by atoms with Gasteiger partial charge in [-0.05, 0) is 17.9 Å². The molecule has 0 spiro atoms. The highest BCUT2D eigenvalue weighted by Crippen LogP contribution is 2.23. The number of aryl methyl sites for hydroxylation is 2.